The number of aliphatic hydroxyl groups excluding tert-OH is 1. The molecule has 4 nitrogen and oxygen atoms in total. The maximum atomic E-state index is 12.2. The second-order valence-electron chi connectivity index (χ2n) is 5.10. The fourth-order valence-corrected chi connectivity index (χ4v) is 2.31. The van der Waals surface area contributed by atoms with E-state index in [1.54, 1.807) is 25.3 Å². The van der Waals surface area contributed by atoms with Crippen molar-refractivity contribution in [2.45, 2.75) is 33.1 Å². The van der Waals surface area contributed by atoms with Crippen LogP contribution in [0.25, 0.3) is 0 Å². The topological polar surface area (TPSA) is 58.6 Å². The van der Waals surface area contributed by atoms with Crippen molar-refractivity contribution in [3.8, 4) is 5.75 Å². The minimum absolute atomic E-state index is 0.0245. The molecular weight excluding hydrogens is 254 g/mol. The molecule has 0 aliphatic heterocycles. The molecule has 0 atom stereocenters. The van der Waals surface area contributed by atoms with Crippen molar-refractivity contribution in [1.82, 2.24) is 5.32 Å². The summed E-state index contributed by atoms with van der Waals surface area (Å²) in [6.45, 7) is 4.92. The number of ether oxygens (including phenoxy) is 1. The highest BCUT2D eigenvalue weighted by Gasteiger charge is 2.26. The molecule has 1 aromatic carbocycles. The molecule has 112 valence electrons. The van der Waals surface area contributed by atoms with E-state index in [4.69, 9.17) is 4.74 Å². The van der Waals surface area contributed by atoms with E-state index in [1.165, 1.54) is 0 Å². The first-order chi connectivity index (χ1) is 9.60. The lowest BCUT2D eigenvalue weighted by atomic mass is 9.79. The first kappa shape index (κ1) is 16.5. The summed E-state index contributed by atoms with van der Waals surface area (Å²) in [5.74, 6) is 0.568. The fraction of sp³-hybridized carbons (Fsp3) is 0.562. The molecule has 0 bridgehead atoms. The van der Waals surface area contributed by atoms with Crippen molar-refractivity contribution in [3.05, 3.63) is 29.8 Å². The molecule has 0 radical (unpaired) electrons. The van der Waals surface area contributed by atoms with Gasteiger partial charge in [-0.15, -0.1) is 0 Å². The van der Waals surface area contributed by atoms with Gasteiger partial charge < -0.3 is 15.2 Å². The van der Waals surface area contributed by atoms with Gasteiger partial charge in [-0.1, -0.05) is 19.9 Å². The molecule has 0 spiro atoms. The second kappa shape index (κ2) is 7.90. The number of aliphatic hydroxyl groups is 1. The predicted molar refractivity (Wildman–Crippen MR) is 80.0 cm³/mol. The molecule has 1 aromatic rings. The number of carbonyl (C=O) groups is 1. The highest BCUT2D eigenvalue weighted by molar-refractivity contribution is 5.94. The highest BCUT2D eigenvalue weighted by atomic mass is 16.5. The van der Waals surface area contributed by atoms with Crippen molar-refractivity contribution in [1.29, 1.82) is 0 Å². The summed E-state index contributed by atoms with van der Waals surface area (Å²) in [5, 5.41) is 12.2. The Hall–Kier alpha value is -1.55. The number of amides is 1. The first-order valence-corrected chi connectivity index (χ1v) is 7.14. The average Bonchev–Trinajstić information content (AvgIpc) is 2.51. The zero-order valence-electron chi connectivity index (χ0n) is 12.6. The summed E-state index contributed by atoms with van der Waals surface area (Å²) in [6, 6.07) is 7.10. The van der Waals surface area contributed by atoms with Gasteiger partial charge in [0, 0.05) is 18.7 Å². The molecule has 0 unspecified atom stereocenters. The van der Waals surface area contributed by atoms with E-state index in [-0.39, 0.29) is 17.9 Å². The van der Waals surface area contributed by atoms with Gasteiger partial charge in [0.1, 0.15) is 5.75 Å². The minimum atomic E-state index is -0.104. The van der Waals surface area contributed by atoms with Gasteiger partial charge in [0.05, 0.1) is 7.11 Å². The second-order valence-corrected chi connectivity index (χ2v) is 5.10. The Bertz CT molecular complexity index is 427. The number of hydrogen-bond acceptors (Lipinski definition) is 3. The third kappa shape index (κ3) is 4.23. The van der Waals surface area contributed by atoms with Gasteiger partial charge in [-0.2, -0.15) is 0 Å². The zero-order chi connectivity index (χ0) is 15.0. The van der Waals surface area contributed by atoms with Gasteiger partial charge in [0.15, 0.2) is 0 Å². The molecule has 20 heavy (non-hydrogen) atoms. The van der Waals surface area contributed by atoms with Crippen LogP contribution >= 0.6 is 0 Å². The van der Waals surface area contributed by atoms with Crippen LogP contribution in [-0.2, 0) is 0 Å². The molecule has 0 aliphatic carbocycles. The molecule has 0 saturated carbocycles. The molecule has 0 aromatic heterocycles. The fourth-order valence-electron chi connectivity index (χ4n) is 2.31. The van der Waals surface area contributed by atoms with Gasteiger partial charge in [0.25, 0.3) is 5.91 Å². The Balaban J connectivity index is 2.69. The number of nitrogens with one attached hydrogen (secondary N) is 1. The van der Waals surface area contributed by atoms with E-state index < -0.39 is 0 Å². The quantitative estimate of drug-likeness (QED) is 0.769. The number of rotatable bonds is 8. The van der Waals surface area contributed by atoms with Crippen molar-refractivity contribution in [2.24, 2.45) is 5.41 Å². The van der Waals surface area contributed by atoms with Crippen molar-refractivity contribution in [2.75, 3.05) is 20.3 Å². The van der Waals surface area contributed by atoms with Gasteiger partial charge in [-0.05, 0) is 42.9 Å². The molecule has 0 saturated heterocycles. The van der Waals surface area contributed by atoms with Gasteiger partial charge in [-0.3, -0.25) is 4.79 Å². The summed E-state index contributed by atoms with van der Waals surface area (Å²) in [7, 11) is 1.58. The minimum Gasteiger partial charge on any atom is -0.497 e. The summed E-state index contributed by atoms with van der Waals surface area (Å²) in [4.78, 5) is 12.2. The monoisotopic (exact) mass is 279 g/mol. The predicted octanol–water partition coefficient (Wildman–Crippen LogP) is 2.61. The van der Waals surface area contributed by atoms with E-state index in [1.807, 2.05) is 6.07 Å². The van der Waals surface area contributed by atoms with Crippen molar-refractivity contribution >= 4 is 5.91 Å². The van der Waals surface area contributed by atoms with Gasteiger partial charge in [0.2, 0.25) is 0 Å². The highest BCUT2D eigenvalue weighted by Crippen LogP contribution is 2.29. The van der Waals surface area contributed by atoms with Crippen LogP contribution in [0.15, 0.2) is 24.3 Å². The van der Waals surface area contributed by atoms with E-state index in [0.29, 0.717) is 24.3 Å². The Morgan fingerprint density at radius 1 is 1.35 bits per heavy atom. The molecule has 4 heteroatoms. The van der Waals surface area contributed by atoms with Crippen molar-refractivity contribution < 1.29 is 14.6 Å². The van der Waals surface area contributed by atoms with Gasteiger partial charge in [-0.25, -0.2) is 0 Å². The lowest BCUT2D eigenvalue weighted by Crippen LogP contribution is -2.37. The normalized spacial score (nSPS) is 11.2. The maximum absolute atomic E-state index is 12.2. The van der Waals surface area contributed by atoms with Crippen LogP contribution < -0.4 is 10.1 Å². The van der Waals surface area contributed by atoms with E-state index >= 15 is 0 Å². The molecule has 1 rings (SSSR count). The molecule has 2 N–H and O–H groups in total. The number of methoxy groups -OCH3 is 1. The van der Waals surface area contributed by atoms with Crippen LogP contribution in [0.1, 0.15) is 43.5 Å². The SMILES string of the molecule is CCC(CC)(CCO)CNC(=O)c1cccc(OC)c1. The Morgan fingerprint density at radius 2 is 2.05 bits per heavy atom. The van der Waals surface area contributed by atoms with Crippen LogP contribution in [0.3, 0.4) is 0 Å². The molecular formula is C16H25NO3. The number of hydrogen-bond donors (Lipinski definition) is 2. The van der Waals surface area contributed by atoms with Crippen LogP contribution in [0.4, 0.5) is 0 Å². The smallest absolute Gasteiger partial charge is 0.251 e. The number of carbonyl (C=O) groups excluding carboxylic acids is 1. The van der Waals surface area contributed by atoms with Crippen LogP contribution in [-0.4, -0.2) is 31.3 Å². The lowest BCUT2D eigenvalue weighted by Gasteiger charge is -2.31. The van der Waals surface area contributed by atoms with Crippen LogP contribution in [0.5, 0.6) is 5.75 Å². The number of benzene rings is 1. The van der Waals surface area contributed by atoms with E-state index in [2.05, 4.69) is 19.2 Å². The van der Waals surface area contributed by atoms with E-state index in [9.17, 15) is 9.90 Å². The van der Waals surface area contributed by atoms with Crippen LogP contribution in [0.2, 0.25) is 0 Å². The third-order valence-electron chi connectivity index (χ3n) is 4.10. The lowest BCUT2D eigenvalue weighted by molar-refractivity contribution is 0.0907. The van der Waals surface area contributed by atoms with E-state index in [0.717, 1.165) is 12.8 Å². The summed E-state index contributed by atoms with van der Waals surface area (Å²) < 4.78 is 5.12. The average molecular weight is 279 g/mol. The molecule has 1 amide bonds. The maximum Gasteiger partial charge on any atom is 0.251 e. The molecule has 0 aliphatic rings. The summed E-state index contributed by atoms with van der Waals surface area (Å²) >= 11 is 0. The van der Waals surface area contributed by atoms with Crippen molar-refractivity contribution in [3.63, 3.8) is 0 Å². The summed E-state index contributed by atoms with van der Waals surface area (Å²) in [6.07, 6.45) is 2.57. The summed E-state index contributed by atoms with van der Waals surface area (Å²) in [5.41, 5.74) is 0.568. The Labute approximate surface area is 121 Å². The largest absolute Gasteiger partial charge is 0.497 e. The Kier molecular flexibility index (Phi) is 6.52. The van der Waals surface area contributed by atoms with Gasteiger partial charge >= 0.3 is 0 Å². The molecule has 0 heterocycles. The third-order valence-corrected chi connectivity index (χ3v) is 4.10. The molecule has 0 fully saturated rings. The zero-order valence-corrected chi connectivity index (χ0v) is 12.6. The van der Waals surface area contributed by atoms with Crippen LogP contribution in [0, 0.1) is 5.41 Å². The first-order valence-electron chi connectivity index (χ1n) is 7.14. The Morgan fingerprint density at radius 3 is 2.60 bits per heavy atom. The standard InChI is InChI=1S/C16H25NO3/c1-4-16(5-2,9-10-18)12-17-15(19)13-7-6-8-14(11-13)20-3/h6-8,11,18H,4-5,9-10,12H2,1-3H3,(H,17,19).